The van der Waals surface area contributed by atoms with E-state index in [-0.39, 0.29) is 0 Å². The molecule has 15 heavy (non-hydrogen) atoms. The van der Waals surface area contributed by atoms with E-state index < -0.39 is 0 Å². The summed E-state index contributed by atoms with van der Waals surface area (Å²) in [5, 5.41) is 11.6. The van der Waals surface area contributed by atoms with Gasteiger partial charge in [0.25, 0.3) is 0 Å². The van der Waals surface area contributed by atoms with Crippen LogP contribution in [0.25, 0.3) is 0 Å². The summed E-state index contributed by atoms with van der Waals surface area (Å²) in [6.07, 6.45) is 1.20. The predicted molar refractivity (Wildman–Crippen MR) is 62.0 cm³/mol. The van der Waals surface area contributed by atoms with Crippen LogP contribution in [0.2, 0.25) is 5.15 Å². The molecule has 0 radical (unpaired) electrons. The molecule has 2 unspecified atom stereocenters. The third-order valence-corrected chi connectivity index (χ3v) is 3.75. The summed E-state index contributed by atoms with van der Waals surface area (Å²) in [6.45, 7) is 6.82. The lowest BCUT2D eigenvalue weighted by molar-refractivity contribution is 0.387. The summed E-state index contributed by atoms with van der Waals surface area (Å²) in [5.41, 5.74) is 0.404. The number of halogens is 1. The largest absolute Gasteiger partial charge is 0.365 e. The molecule has 1 heterocycles. The molecular weight excluding hydrogens is 210 g/mol. The first-order valence-electron chi connectivity index (χ1n) is 5.28. The van der Waals surface area contributed by atoms with E-state index in [0.29, 0.717) is 22.5 Å². The Bertz CT molecular complexity index is 349. The molecule has 1 fully saturated rings. The first kappa shape index (κ1) is 10.7. The van der Waals surface area contributed by atoms with Crippen LogP contribution < -0.4 is 5.32 Å². The van der Waals surface area contributed by atoms with E-state index in [2.05, 4.69) is 36.3 Å². The van der Waals surface area contributed by atoms with E-state index in [4.69, 9.17) is 11.6 Å². The second-order valence-corrected chi connectivity index (χ2v) is 5.19. The van der Waals surface area contributed by atoms with Gasteiger partial charge in [0.1, 0.15) is 5.82 Å². The third-order valence-electron chi connectivity index (χ3n) is 3.55. The van der Waals surface area contributed by atoms with Crippen molar-refractivity contribution in [3.8, 4) is 0 Å². The van der Waals surface area contributed by atoms with Crippen LogP contribution in [-0.2, 0) is 0 Å². The van der Waals surface area contributed by atoms with Crippen LogP contribution in [0.3, 0.4) is 0 Å². The zero-order chi connectivity index (χ0) is 11.1. The van der Waals surface area contributed by atoms with Gasteiger partial charge in [-0.25, -0.2) is 0 Å². The van der Waals surface area contributed by atoms with Gasteiger partial charge >= 0.3 is 0 Å². The van der Waals surface area contributed by atoms with Gasteiger partial charge in [0.2, 0.25) is 0 Å². The van der Waals surface area contributed by atoms with Crippen molar-refractivity contribution < 1.29 is 0 Å². The zero-order valence-corrected chi connectivity index (χ0v) is 10.0. The van der Waals surface area contributed by atoms with Crippen molar-refractivity contribution in [2.45, 2.75) is 33.2 Å². The smallest absolute Gasteiger partial charge is 0.151 e. The Morgan fingerprint density at radius 3 is 2.67 bits per heavy atom. The molecule has 2 rings (SSSR count). The second-order valence-electron chi connectivity index (χ2n) is 4.80. The lowest BCUT2D eigenvalue weighted by Crippen LogP contribution is -2.17. The van der Waals surface area contributed by atoms with E-state index in [1.165, 1.54) is 6.42 Å². The van der Waals surface area contributed by atoms with Gasteiger partial charge < -0.3 is 5.32 Å². The minimum absolute atomic E-state index is 0.404. The maximum atomic E-state index is 5.67. The molecule has 1 aliphatic carbocycles. The van der Waals surface area contributed by atoms with Crippen LogP contribution in [0.15, 0.2) is 12.1 Å². The van der Waals surface area contributed by atoms with Crippen LogP contribution >= 0.6 is 11.6 Å². The summed E-state index contributed by atoms with van der Waals surface area (Å²) < 4.78 is 0. The number of hydrogen-bond acceptors (Lipinski definition) is 3. The van der Waals surface area contributed by atoms with Crippen molar-refractivity contribution >= 4 is 17.4 Å². The maximum absolute atomic E-state index is 5.67. The van der Waals surface area contributed by atoms with E-state index in [1.54, 1.807) is 6.07 Å². The summed E-state index contributed by atoms with van der Waals surface area (Å²) in [6, 6.07) is 4.15. The van der Waals surface area contributed by atoms with Crippen molar-refractivity contribution in [2.75, 3.05) is 5.32 Å². The van der Waals surface area contributed by atoms with E-state index >= 15 is 0 Å². The normalized spacial score (nSPS) is 29.3. The molecule has 0 aromatic carbocycles. The van der Waals surface area contributed by atoms with E-state index in [0.717, 1.165) is 5.82 Å². The number of hydrogen-bond donors (Lipinski definition) is 1. The first-order chi connectivity index (χ1) is 7.02. The van der Waals surface area contributed by atoms with Crippen molar-refractivity contribution in [3.63, 3.8) is 0 Å². The average molecular weight is 226 g/mol. The molecular formula is C11H16ClN3. The number of aromatic nitrogens is 2. The maximum Gasteiger partial charge on any atom is 0.151 e. The Labute approximate surface area is 95.2 Å². The molecule has 0 aliphatic heterocycles. The second kappa shape index (κ2) is 3.63. The van der Waals surface area contributed by atoms with Gasteiger partial charge in [-0.3, -0.25) is 0 Å². The Balaban J connectivity index is 1.98. The number of rotatable bonds is 3. The van der Waals surface area contributed by atoms with Crippen molar-refractivity contribution in [3.05, 3.63) is 17.3 Å². The van der Waals surface area contributed by atoms with E-state index in [1.807, 2.05) is 6.07 Å². The van der Waals surface area contributed by atoms with Crippen LogP contribution in [-0.4, -0.2) is 16.2 Å². The highest BCUT2D eigenvalue weighted by Crippen LogP contribution is 2.52. The molecule has 4 heteroatoms. The molecule has 0 spiro atoms. The SMILES string of the molecule is CC(C)C1(C)CC1Nc1ccc(Cl)nn1. The highest BCUT2D eigenvalue weighted by molar-refractivity contribution is 6.29. The molecule has 0 bridgehead atoms. The van der Waals surface area contributed by atoms with Gasteiger partial charge in [-0.1, -0.05) is 32.4 Å². The highest BCUT2D eigenvalue weighted by atomic mass is 35.5. The van der Waals surface area contributed by atoms with Gasteiger partial charge in [-0.15, -0.1) is 10.2 Å². The molecule has 2 atom stereocenters. The monoisotopic (exact) mass is 225 g/mol. The number of nitrogens with one attached hydrogen (secondary N) is 1. The quantitative estimate of drug-likeness (QED) is 0.860. The van der Waals surface area contributed by atoms with Crippen molar-refractivity contribution in [1.82, 2.24) is 10.2 Å². The summed E-state index contributed by atoms with van der Waals surface area (Å²) in [7, 11) is 0. The van der Waals surface area contributed by atoms with Crippen LogP contribution in [0.1, 0.15) is 27.2 Å². The van der Waals surface area contributed by atoms with Gasteiger partial charge in [0.15, 0.2) is 5.15 Å². The predicted octanol–water partition coefficient (Wildman–Crippen LogP) is 2.98. The summed E-state index contributed by atoms with van der Waals surface area (Å²) in [5.74, 6) is 1.50. The summed E-state index contributed by atoms with van der Waals surface area (Å²) in [4.78, 5) is 0. The lowest BCUT2D eigenvalue weighted by atomic mass is 9.94. The van der Waals surface area contributed by atoms with Crippen LogP contribution in [0, 0.1) is 11.3 Å². The molecule has 1 N–H and O–H groups in total. The topological polar surface area (TPSA) is 37.8 Å². The Kier molecular flexibility index (Phi) is 2.59. The van der Waals surface area contributed by atoms with Crippen LogP contribution in [0.5, 0.6) is 0 Å². The Morgan fingerprint density at radius 1 is 1.47 bits per heavy atom. The Morgan fingerprint density at radius 2 is 2.20 bits per heavy atom. The van der Waals surface area contributed by atoms with Gasteiger partial charge in [-0.05, 0) is 29.9 Å². The fraction of sp³-hybridized carbons (Fsp3) is 0.636. The fourth-order valence-corrected chi connectivity index (χ4v) is 1.91. The molecule has 3 nitrogen and oxygen atoms in total. The summed E-state index contributed by atoms with van der Waals surface area (Å²) >= 11 is 5.67. The van der Waals surface area contributed by atoms with Gasteiger partial charge in [0, 0.05) is 6.04 Å². The zero-order valence-electron chi connectivity index (χ0n) is 9.29. The number of anilines is 1. The highest BCUT2D eigenvalue weighted by Gasteiger charge is 2.52. The lowest BCUT2D eigenvalue weighted by Gasteiger charge is -2.16. The third kappa shape index (κ3) is 2.07. The molecule has 1 aromatic rings. The fourth-order valence-electron chi connectivity index (χ4n) is 1.81. The van der Waals surface area contributed by atoms with Gasteiger partial charge in [-0.2, -0.15) is 0 Å². The van der Waals surface area contributed by atoms with E-state index in [9.17, 15) is 0 Å². The van der Waals surface area contributed by atoms with Gasteiger partial charge in [0.05, 0.1) is 0 Å². The van der Waals surface area contributed by atoms with Crippen LogP contribution in [0.4, 0.5) is 5.82 Å². The first-order valence-corrected chi connectivity index (χ1v) is 5.66. The molecule has 0 saturated heterocycles. The average Bonchev–Trinajstić information content (AvgIpc) is 2.83. The molecule has 0 amide bonds. The minimum atomic E-state index is 0.404. The molecule has 1 aliphatic rings. The standard InChI is InChI=1S/C11H16ClN3/c1-7(2)11(3)6-8(11)13-10-5-4-9(12)14-15-10/h4-5,7-8H,6H2,1-3H3,(H,13,15). The molecule has 1 aromatic heterocycles. The van der Waals surface area contributed by atoms with Crippen molar-refractivity contribution in [1.29, 1.82) is 0 Å². The minimum Gasteiger partial charge on any atom is -0.365 e. The van der Waals surface area contributed by atoms with Crippen molar-refractivity contribution in [2.24, 2.45) is 11.3 Å². The molecule has 82 valence electrons. The Hall–Kier alpha value is -0.830. The molecule has 1 saturated carbocycles. The number of nitrogens with zero attached hydrogens (tertiary/aromatic N) is 2.